The number of amides is 2. The number of carbonyl (C=O) groups excluding carboxylic acids is 1. The first-order valence-corrected chi connectivity index (χ1v) is 8.02. The van der Waals surface area contributed by atoms with Crippen molar-refractivity contribution in [1.82, 2.24) is 9.88 Å². The third-order valence-electron chi connectivity index (χ3n) is 4.34. The van der Waals surface area contributed by atoms with E-state index in [0.717, 1.165) is 10.2 Å². The molecule has 0 radical (unpaired) electrons. The lowest BCUT2D eigenvalue weighted by Gasteiger charge is -2.36. The normalized spacial score (nSPS) is 20.9. The lowest BCUT2D eigenvalue weighted by atomic mass is 9.88. The summed E-state index contributed by atoms with van der Waals surface area (Å²) in [5, 5.41) is 3.02. The van der Waals surface area contributed by atoms with Crippen molar-refractivity contribution in [3.05, 3.63) is 24.3 Å². The minimum absolute atomic E-state index is 0.0773. The summed E-state index contributed by atoms with van der Waals surface area (Å²) in [4.78, 5) is 17.9. The molecule has 1 aliphatic heterocycles. The lowest BCUT2D eigenvalue weighted by Crippen LogP contribution is -2.51. The van der Waals surface area contributed by atoms with Crippen molar-refractivity contribution in [2.75, 3.05) is 11.9 Å². The summed E-state index contributed by atoms with van der Waals surface area (Å²) in [6.45, 7) is 2.99. The number of benzene rings is 1. The highest BCUT2D eigenvalue weighted by Gasteiger charge is 2.56. The van der Waals surface area contributed by atoms with E-state index in [-0.39, 0.29) is 13.0 Å². The van der Waals surface area contributed by atoms with Gasteiger partial charge in [0.1, 0.15) is 0 Å². The Morgan fingerprint density at radius 1 is 1.39 bits per heavy atom. The monoisotopic (exact) mass is 343 g/mol. The van der Waals surface area contributed by atoms with Gasteiger partial charge in [-0.2, -0.15) is 13.2 Å². The van der Waals surface area contributed by atoms with E-state index in [1.165, 1.54) is 30.1 Å². The molecule has 2 heterocycles. The number of hydrogen-bond acceptors (Lipinski definition) is 3. The predicted octanol–water partition coefficient (Wildman–Crippen LogP) is 4.49. The van der Waals surface area contributed by atoms with Crippen LogP contribution in [0.2, 0.25) is 0 Å². The van der Waals surface area contributed by atoms with Crippen LogP contribution in [0.1, 0.15) is 20.3 Å². The molecule has 1 aromatic carbocycles. The van der Waals surface area contributed by atoms with Crippen LogP contribution in [0.15, 0.2) is 24.3 Å². The molecule has 1 fully saturated rings. The van der Waals surface area contributed by atoms with Gasteiger partial charge in [0.15, 0.2) is 5.13 Å². The molecule has 1 unspecified atom stereocenters. The fourth-order valence-electron chi connectivity index (χ4n) is 3.10. The maximum Gasteiger partial charge on any atom is 0.394 e. The maximum atomic E-state index is 13.1. The predicted molar refractivity (Wildman–Crippen MR) is 83.6 cm³/mol. The van der Waals surface area contributed by atoms with Gasteiger partial charge < -0.3 is 4.90 Å². The lowest BCUT2D eigenvalue weighted by molar-refractivity contribution is -0.189. The van der Waals surface area contributed by atoms with Crippen molar-refractivity contribution >= 4 is 32.7 Å². The zero-order chi connectivity index (χ0) is 16.8. The quantitative estimate of drug-likeness (QED) is 0.829. The summed E-state index contributed by atoms with van der Waals surface area (Å²) in [5.41, 5.74) is -0.527. The van der Waals surface area contributed by atoms with E-state index in [0.29, 0.717) is 5.13 Å². The van der Waals surface area contributed by atoms with E-state index in [9.17, 15) is 18.0 Å². The summed E-state index contributed by atoms with van der Waals surface area (Å²) < 4.78 is 40.2. The fraction of sp³-hybridized carbons (Fsp3) is 0.467. The topological polar surface area (TPSA) is 45.2 Å². The fourth-order valence-corrected chi connectivity index (χ4v) is 3.96. The Morgan fingerprint density at radius 3 is 2.70 bits per heavy atom. The first-order chi connectivity index (χ1) is 10.7. The summed E-state index contributed by atoms with van der Waals surface area (Å²) >= 11 is 1.30. The molecule has 1 atom stereocenters. The Labute approximate surface area is 135 Å². The number of nitrogens with zero attached hydrogens (tertiary/aromatic N) is 2. The van der Waals surface area contributed by atoms with Gasteiger partial charge in [0, 0.05) is 6.54 Å². The molecule has 0 aliphatic carbocycles. The second-order valence-corrected chi connectivity index (χ2v) is 7.14. The zero-order valence-electron chi connectivity index (χ0n) is 12.6. The number of halogens is 3. The number of thiazole rings is 1. The number of urea groups is 1. The smallest absolute Gasteiger partial charge is 0.319 e. The van der Waals surface area contributed by atoms with Gasteiger partial charge in [-0.25, -0.2) is 9.78 Å². The summed E-state index contributed by atoms with van der Waals surface area (Å²) in [7, 11) is 0. The molecule has 0 bridgehead atoms. The molecule has 0 saturated carbocycles. The Kier molecular flexibility index (Phi) is 3.74. The van der Waals surface area contributed by atoms with Crippen molar-refractivity contribution < 1.29 is 18.0 Å². The van der Waals surface area contributed by atoms with Gasteiger partial charge in [0.05, 0.1) is 21.7 Å². The van der Waals surface area contributed by atoms with Crippen LogP contribution in [0.25, 0.3) is 10.2 Å². The van der Waals surface area contributed by atoms with Crippen molar-refractivity contribution in [2.45, 2.75) is 32.0 Å². The molecule has 8 heteroatoms. The van der Waals surface area contributed by atoms with Gasteiger partial charge in [-0.3, -0.25) is 5.32 Å². The molecule has 23 heavy (non-hydrogen) atoms. The minimum Gasteiger partial charge on any atom is -0.319 e. The molecule has 1 aliphatic rings. The number of anilines is 1. The van der Waals surface area contributed by atoms with Gasteiger partial charge in [-0.05, 0) is 32.4 Å². The van der Waals surface area contributed by atoms with Crippen LogP contribution in [0, 0.1) is 5.92 Å². The van der Waals surface area contributed by atoms with Crippen LogP contribution in [0.5, 0.6) is 0 Å². The molecule has 124 valence electrons. The second-order valence-electron chi connectivity index (χ2n) is 6.11. The Balaban J connectivity index is 1.78. The van der Waals surface area contributed by atoms with Crippen molar-refractivity contribution in [2.24, 2.45) is 5.92 Å². The van der Waals surface area contributed by atoms with Gasteiger partial charge in [-0.15, -0.1) is 0 Å². The van der Waals surface area contributed by atoms with Gasteiger partial charge in [0.2, 0.25) is 0 Å². The van der Waals surface area contributed by atoms with Gasteiger partial charge >= 0.3 is 12.2 Å². The number of likely N-dealkylation sites (tertiary alicyclic amines) is 1. The largest absolute Gasteiger partial charge is 0.394 e. The molecule has 1 saturated heterocycles. The van der Waals surface area contributed by atoms with E-state index in [1.807, 2.05) is 24.3 Å². The molecule has 4 nitrogen and oxygen atoms in total. The average Bonchev–Trinajstić information content (AvgIpc) is 2.96. The Morgan fingerprint density at radius 2 is 2.09 bits per heavy atom. The SMILES string of the molecule is CC1(C)C(C(F)(F)F)CCN1C(=O)Nc1nc2ccccc2s1. The van der Waals surface area contributed by atoms with Crippen molar-refractivity contribution in [3.8, 4) is 0 Å². The van der Waals surface area contributed by atoms with E-state index >= 15 is 0 Å². The number of rotatable bonds is 1. The summed E-state index contributed by atoms with van der Waals surface area (Å²) in [5.74, 6) is -1.52. The molecule has 1 aromatic heterocycles. The standard InChI is InChI=1S/C15H16F3N3OS/c1-14(2)11(15(16,17)18)7-8-21(14)13(22)20-12-19-9-5-3-4-6-10(9)23-12/h3-6,11H,7-8H2,1-2H3,(H,19,20,22). The molecule has 0 spiro atoms. The second kappa shape index (κ2) is 5.36. The van der Waals surface area contributed by atoms with Crippen LogP contribution >= 0.6 is 11.3 Å². The van der Waals surface area contributed by atoms with Gasteiger partial charge in [0.25, 0.3) is 0 Å². The van der Waals surface area contributed by atoms with Gasteiger partial charge in [-0.1, -0.05) is 23.5 Å². The van der Waals surface area contributed by atoms with Crippen LogP contribution in [-0.4, -0.2) is 34.2 Å². The van der Waals surface area contributed by atoms with Crippen LogP contribution in [0.3, 0.4) is 0 Å². The number of carbonyl (C=O) groups is 1. The minimum atomic E-state index is -4.31. The molecule has 1 N–H and O–H groups in total. The first-order valence-electron chi connectivity index (χ1n) is 7.20. The third-order valence-corrected chi connectivity index (χ3v) is 5.29. The highest BCUT2D eigenvalue weighted by molar-refractivity contribution is 7.22. The molecule has 3 rings (SSSR count). The van der Waals surface area contributed by atoms with E-state index < -0.39 is 23.7 Å². The zero-order valence-corrected chi connectivity index (χ0v) is 13.5. The Bertz CT molecular complexity index is 708. The van der Waals surface area contributed by atoms with Crippen molar-refractivity contribution in [1.29, 1.82) is 0 Å². The number of para-hydroxylation sites is 1. The van der Waals surface area contributed by atoms with Crippen molar-refractivity contribution in [3.63, 3.8) is 0 Å². The molecular weight excluding hydrogens is 327 g/mol. The number of aromatic nitrogens is 1. The van der Waals surface area contributed by atoms with Crippen LogP contribution in [-0.2, 0) is 0 Å². The summed E-state index contributed by atoms with van der Waals surface area (Å²) in [6.07, 6.45) is -4.39. The molecule has 2 aromatic rings. The first kappa shape index (κ1) is 16.0. The van der Waals surface area contributed by atoms with Crippen LogP contribution in [0.4, 0.5) is 23.1 Å². The summed E-state index contributed by atoms with van der Waals surface area (Å²) in [6, 6.07) is 6.86. The van der Waals surface area contributed by atoms with E-state index in [1.54, 1.807) is 0 Å². The maximum absolute atomic E-state index is 13.1. The Hall–Kier alpha value is -1.83. The number of nitrogens with one attached hydrogen (secondary N) is 1. The van der Waals surface area contributed by atoms with E-state index in [4.69, 9.17) is 0 Å². The highest BCUT2D eigenvalue weighted by Crippen LogP contribution is 2.44. The molecule has 2 amide bonds. The van der Waals surface area contributed by atoms with E-state index in [2.05, 4.69) is 10.3 Å². The third kappa shape index (κ3) is 2.87. The number of alkyl halides is 3. The average molecular weight is 343 g/mol. The highest BCUT2D eigenvalue weighted by atomic mass is 32.1. The molecular formula is C15H16F3N3OS. The van der Waals surface area contributed by atoms with Crippen LogP contribution < -0.4 is 5.32 Å². The number of fused-ring (bicyclic) bond motifs is 1. The number of hydrogen-bond donors (Lipinski definition) is 1.